The normalized spacial score (nSPS) is 12.8. The third kappa shape index (κ3) is 2.54. The van der Waals surface area contributed by atoms with Gasteiger partial charge >= 0.3 is 0 Å². The van der Waals surface area contributed by atoms with Crippen LogP contribution >= 0.6 is 0 Å². The Morgan fingerprint density at radius 1 is 1.20 bits per heavy atom. The average molecular weight is 231 g/mol. The summed E-state index contributed by atoms with van der Waals surface area (Å²) in [6.45, 7) is 5.62. The standard InChI is InChI=1S/C10H14FNO2S/c1-10(2,3)8-6-4-5-7-9(8)15(13,14)12-11/h4-7,12H,1-3H3. The van der Waals surface area contributed by atoms with E-state index >= 15 is 0 Å². The average Bonchev–Trinajstić information content (AvgIpc) is 2.16. The lowest BCUT2D eigenvalue weighted by molar-refractivity contribution is 0.424. The van der Waals surface area contributed by atoms with Crippen LogP contribution < -0.4 is 4.94 Å². The molecule has 0 radical (unpaired) electrons. The van der Waals surface area contributed by atoms with Crippen molar-refractivity contribution >= 4 is 10.0 Å². The largest absolute Gasteiger partial charge is 0.266 e. The van der Waals surface area contributed by atoms with Crippen LogP contribution in [0.4, 0.5) is 4.48 Å². The molecule has 0 unspecified atom stereocenters. The van der Waals surface area contributed by atoms with Crippen LogP contribution in [0.1, 0.15) is 26.3 Å². The van der Waals surface area contributed by atoms with Gasteiger partial charge in [0.2, 0.25) is 0 Å². The van der Waals surface area contributed by atoms with E-state index in [1.807, 2.05) is 20.8 Å². The maximum absolute atomic E-state index is 12.2. The summed E-state index contributed by atoms with van der Waals surface area (Å²) in [5, 5.41) is 0. The first kappa shape index (κ1) is 12.1. The Morgan fingerprint density at radius 2 is 1.73 bits per heavy atom. The zero-order valence-electron chi connectivity index (χ0n) is 8.91. The van der Waals surface area contributed by atoms with Gasteiger partial charge < -0.3 is 0 Å². The minimum atomic E-state index is -4.03. The molecule has 0 aliphatic carbocycles. The second-order valence-corrected chi connectivity index (χ2v) is 5.93. The molecule has 0 aromatic heterocycles. The van der Waals surface area contributed by atoms with Crippen LogP contribution in [-0.2, 0) is 15.4 Å². The summed E-state index contributed by atoms with van der Waals surface area (Å²) < 4.78 is 35.0. The number of halogens is 1. The number of benzene rings is 1. The van der Waals surface area contributed by atoms with Crippen LogP contribution in [0.25, 0.3) is 0 Å². The highest BCUT2D eigenvalue weighted by molar-refractivity contribution is 7.89. The molecular weight excluding hydrogens is 217 g/mol. The van der Waals surface area contributed by atoms with Crippen LogP contribution in [-0.4, -0.2) is 8.42 Å². The van der Waals surface area contributed by atoms with Crippen molar-refractivity contribution in [2.45, 2.75) is 31.1 Å². The summed E-state index contributed by atoms with van der Waals surface area (Å²) in [4.78, 5) is 0.828. The second-order valence-electron chi connectivity index (χ2n) is 4.33. The molecular formula is C10H14FNO2S. The predicted octanol–water partition coefficient (Wildman–Crippen LogP) is 2.15. The maximum atomic E-state index is 12.2. The molecule has 3 nitrogen and oxygen atoms in total. The van der Waals surface area contributed by atoms with E-state index in [9.17, 15) is 12.9 Å². The highest BCUT2D eigenvalue weighted by Crippen LogP contribution is 2.28. The Bertz CT molecular complexity index is 449. The van der Waals surface area contributed by atoms with Crippen molar-refractivity contribution < 1.29 is 12.9 Å². The summed E-state index contributed by atoms with van der Waals surface area (Å²) in [6.07, 6.45) is 0. The summed E-state index contributed by atoms with van der Waals surface area (Å²) in [7, 11) is -4.03. The monoisotopic (exact) mass is 231 g/mol. The SMILES string of the molecule is CC(C)(C)c1ccccc1S(=O)(=O)NF. The van der Waals surface area contributed by atoms with Crippen molar-refractivity contribution in [2.75, 3.05) is 0 Å². The number of rotatable bonds is 2. The van der Waals surface area contributed by atoms with Gasteiger partial charge in [-0.3, -0.25) is 0 Å². The molecule has 0 saturated heterocycles. The van der Waals surface area contributed by atoms with Gasteiger partial charge in [-0.05, 0) is 22.0 Å². The van der Waals surface area contributed by atoms with Crippen molar-refractivity contribution in [3.8, 4) is 0 Å². The fourth-order valence-electron chi connectivity index (χ4n) is 1.36. The quantitative estimate of drug-likeness (QED) is 0.793. The highest BCUT2D eigenvalue weighted by Gasteiger charge is 2.24. The van der Waals surface area contributed by atoms with Gasteiger partial charge in [-0.1, -0.05) is 39.0 Å². The minimum absolute atomic E-state index is 0.0139. The fourth-order valence-corrected chi connectivity index (χ4v) is 2.37. The molecule has 0 aliphatic rings. The van der Waals surface area contributed by atoms with E-state index in [1.165, 1.54) is 6.07 Å². The highest BCUT2D eigenvalue weighted by atomic mass is 32.2. The van der Waals surface area contributed by atoms with E-state index < -0.39 is 10.0 Å². The van der Waals surface area contributed by atoms with E-state index in [1.54, 1.807) is 18.2 Å². The zero-order valence-corrected chi connectivity index (χ0v) is 9.73. The molecule has 1 aromatic carbocycles. The zero-order chi connectivity index (χ0) is 11.7. The lowest BCUT2D eigenvalue weighted by Gasteiger charge is -2.21. The Balaban J connectivity index is 3.45. The maximum Gasteiger partial charge on any atom is 0.266 e. The molecule has 0 saturated carbocycles. The topological polar surface area (TPSA) is 46.2 Å². The van der Waals surface area contributed by atoms with E-state index in [2.05, 4.69) is 0 Å². The molecule has 0 aliphatic heterocycles. The fraction of sp³-hybridized carbons (Fsp3) is 0.400. The van der Waals surface area contributed by atoms with Gasteiger partial charge in [-0.2, -0.15) is 0 Å². The van der Waals surface area contributed by atoms with Crippen molar-refractivity contribution in [2.24, 2.45) is 0 Å². The Labute approximate surface area is 89.3 Å². The van der Waals surface area contributed by atoms with Crippen LogP contribution in [0.2, 0.25) is 0 Å². The van der Waals surface area contributed by atoms with Gasteiger partial charge in [0, 0.05) is 0 Å². The van der Waals surface area contributed by atoms with E-state index in [-0.39, 0.29) is 10.3 Å². The smallest absolute Gasteiger partial charge is 0.205 e. The van der Waals surface area contributed by atoms with E-state index in [4.69, 9.17) is 0 Å². The molecule has 84 valence electrons. The van der Waals surface area contributed by atoms with Gasteiger partial charge in [0.05, 0.1) is 4.90 Å². The van der Waals surface area contributed by atoms with Gasteiger partial charge in [0.1, 0.15) is 0 Å². The summed E-state index contributed by atoms with van der Waals surface area (Å²) in [5.74, 6) is 0. The van der Waals surface area contributed by atoms with E-state index in [0.717, 1.165) is 4.94 Å². The first-order valence-electron chi connectivity index (χ1n) is 4.51. The lowest BCUT2D eigenvalue weighted by Crippen LogP contribution is -2.21. The molecule has 0 atom stereocenters. The van der Waals surface area contributed by atoms with Crippen LogP contribution in [0.15, 0.2) is 29.2 Å². The second kappa shape index (κ2) is 3.90. The van der Waals surface area contributed by atoms with Gasteiger partial charge in [-0.15, -0.1) is 4.48 Å². The van der Waals surface area contributed by atoms with Crippen molar-refractivity contribution in [3.63, 3.8) is 0 Å². The molecule has 1 aromatic rings. The predicted molar refractivity (Wildman–Crippen MR) is 56.6 cm³/mol. The van der Waals surface area contributed by atoms with Gasteiger partial charge in [0.25, 0.3) is 10.0 Å². The summed E-state index contributed by atoms with van der Waals surface area (Å²) >= 11 is 0. The molecule has 0 spiro atoms. The third-order valence-electron chi connectivity index (χ3n) is 2.09. The number of hydrogen-bond acceptors (Lipinski definition) is 2. The van der Waals surface area contributed by atoms with Crippen molar-refractivity contribution in [1.82, 2.24) is 4.94 Å². The first-order chi connectivity index (χ1) is 6.79. The number of sulfonamides is 1. The van der Waals surface area contributed by atoms with E-state index in [0.29, 0.717) is 5.56 Å². The Kier molecular flexibility index (Phi) is 3.16. The molecule has 0 fully saturated rings. The molecule has 0 amide bonds. The Hall–Kier alpha value is -0.940. The third-order valence-corrected chi connectivity index (χ3v) is 3.22. The van der Waals surface area contributed by atoms with Gasteiger partial charge in [-0.25, -0.2) is 8.42 Å². The molecule has 5 heteroatoms. The number of nitrogens with one attached hydrogen (secondary N) is 1. The van der Waals surface area contributed by atoms with Crippen LogP contribution in [0, 0.1) is 0 Å². The first-order valence-corrected chi connectivity index (χ1v) is 5.99. The number of hydrogen-bond donors (Lipinski definition) is 1. The molecule has 0 heterocycles. The lowest BCUT2D eigenvalue weighted by atomic mass is 9.87. The Morgan fingerprint density at radius 3 is 2.20 bits per heavy atom. The summed E-state index contributed by atoms with van der Waals surface area (Å²) in [6, 6.07) is 6.38. The van der Waals surface area contributed by atoms with Crippen molar-refractivity contribution in [3.05, 3.63) is 29.8 Å². The molecule has 0 bridgehead atoms. The molecule has 1 N–H and O–H groups in total. The summed E-state index contributed by atoms with van der Waals surface area (Å²) in [5.41, 5.74) is 0.246. The van der Waals surface area contributed by atoms with Crippen LogP contribution in [0.3, 0.4) is 0 Å². The molecule has 15 heavy (non-hydrogen) atoms. The molecule has 1 rings (SSSR count). The minimum Gasteiger partial charge on any atom is -0.205 e. The van der Waals surface area contributed by atoms with Crippen molar-refractivity contribution in [1.29, 1.82) is 0 Å². The van der Waals surface area contributed by atoms with Gasteiger partial charge in [0.15, 0.2) is 0 Å². The van der Waals surface area contributed by atoms with Crippen LogP contribution in [0.5, 0.6) is 0 Å².